The molecule has 0 heterocycles. The van der Waals surface area contributed by atoms with Crippen LogP contribution in [0.1, 0.15) is 113 Å². The number of hydrogen-bond acceptors (Lipinski definition) is 2. The van der Waals surface area contributed by atoms with Gasteiger partial charge in [0, 0.05) is 14.2 Å². The van der Waals surface area contributed by atoms with Crippen LogP contribution in [-0.2, 0) is 9.47 Å². The molecule has 2 heteroatoms. The zero-order chi connectivity index (χ0) is 25.6. The molecule has 2 nitrogen and oxygen atoms in total. The first kappa shape index (κ1) is 26.3. The highest BCUT2D eigenvalue weighted by atomic mass is 16.5. The highest BCUT2D eigenvalue weighted by Crippen LogP contribution is 2.89. The number of fused-ring (bicyclic) bond motifs is 2. The Labute approximate surface area is 217 Å². The van der Waals surface area contributed by atoms with Crippen molar-refractivity contribution in [3.05, 3.63) is 12.2 Å². The van der Waals surface area contributed by atoms with Crippen molar-refractivity contribution >= 4 is 0 Å². The van der Waals surface area contributed by atoms with Crippen LogP contribution in [0.5, 0.6) is 0 Å². The van der Waals surface area contributed by atoms with E-state index in [0.29, 0.717) is 45.0 Å². The summed E-state index contributed by atoms with van der Waals surface area (Å²) >= 11 is 0. The summed E-state index contributed by atoms with van der Waals surface area (Å²) in [5.74, 6) is 3.79. The average Bonchev–Trinajstić information content (AvgIpc) is 3.38. The summed E-state index contributed by atoms with van der Waals surface area (Å²) in [5, 5.41) is 0. The van der Waals surface area contributed by atoms with Gasteiger partial charge in [-0.2, -0.15) is 0 Å². The molecule has 0 aromatic rings. The Morgan fingerprint density at radius 2 is 1.49 bits per heavy atom. The zero-order valence-electron chi connectivity index (χ0n) is 24.6. The van der Waals surface area contributed by atoms with Gasteiger partial charge in [-0.15, -0.1) is 0 Å². The molecule has 0 radical (unpaired) electrons. The first-order valence-corrected chi connectivity index (χ1v) is 15.1. The van der Waals surface area contributed by atoms with Gasteiger partial charge in [-0.1, -0.05) is 55.0 Å². The predicted molar refractivity (Wildman–Crippen MR) is 146 cm³/mol. The molecule has 0 saturated heterocycles. The normalized spacial score (nSPS) is 49.4. The molecule has 0 aliphatic heterocycles. The molecule has 5 saturated carbocycles. The van der Waals surface area contributed by atoms with E-state index in [0.717, 1.165) is 24.2 Å². The highest BCUT2D eigenvalue weighted by molar-refractivity contribution is 5.30. The Morgan fingerprint density at radius 1 is 0.829 bits per heavy atom. The molecule has 5 rings (SSSR count). The molecule has 35 heavy (non-hydrogen) atoms. The fourth-order valence-corrected chi connectivity index (χ4v) is 12.0. The van der Waals surface area contributed by atoms with Crippen molar-refractivity contribution in [1.82, 2.24) is 0 Å². The lowest BCUT2D eigenvalue weighted by atomic mass is 9.41. The number of ether oxygens (including phenoxy) is 2. The van der Waals surface area contributed by atoms with Crippen LogP contribution in [0.2, 0.25) is 0 Å². The number of rotatable bonds is 7. The third-order valence-electron chi connectivity index (χ3n) is 14.1. The number of methoxy groups -OCH3 is 2. The van der Waals surface area contributed by atoms with E-state index in [1.54, 1.807) is 0 Å². The second kappa shape index (κ2) is 8.33. The molecule has 0 aromatic heterocycles. The summed E-state index contributed by atoms with van der Waals surface area (Å²) in [4.78, 5) is 0. The van der Waals surface area contributed by atoms with Gasteiger partial charge in [0.2, 0.25) is 0 Å². The van der Waals surface area contributed by atoms with Crippen molar-refractivity contribution < 1.29 is 9.47 Å². The van der Waals surface area contributed by atoms with Crippen molar-refractivity contribution in [2.45, 2.75) is 125 Å². The van der Waals surface area contributed by atoms with Crippen molar-refractivity contribution in [3.63, 3.8) is 0 Å². The molecule has 0 bridgehead atoms. The van der Waals surface area contributed by atoms with E-state index < -0.39 is 0 Å². The van der Waals surface area contributed by atoms with Gasteiger partial charge in [-0.3, -0.25) is 0 Å². The fraction of sp³-hybridized carbons (Fsp3) is 0.939. The first-order chi connectivity index (χ1) is 16.3. The molecular formula is C33H56O2. The summed E-state index contributed by atoms with van der Waals surface area (Å²) in [5.41, 5.74) is 3.83. The minimum Gasteiger partial charge on any atom is -0.381 e. The predicted octanol–water partition coefficient (Wildman–Crippen LogP) is 8.69. The Morgan fingerprint density at radius 3 is 2.11 bits per heavy atom. The van der Waals surface area contributed by atoms with Gasteiger partial charge in [0.1, 0.15) is 0 Å². The molecule has 0 N–H and O–H groups in total. The third kappa shape index (κ3) is 3.26. The molecule has 200 valence electrons. The SMILES string of the molecule is C=C(C(C)C)C(CC(C)C1CCC2(C)C3CCC4C(C)(C)C(OC)CCC45CC35CCC12C)OC. The molecule has 10 atom stereocenters. The molecule has 5 aliphatic carbocycles. The van der Waals surface area contributed by atoms with E-state index in [1.165, 1.54) is 63.4 Å². The van der Waals surface area contributed by atoms with Crippen LogP contribution < -0.4 is 0 Å². The average molecular weight is 485 g/mol. The quantitative estimate of drug-likeness (QED) is 0.336. The first-order valence-electron chi connectivity index (χ1n) is 15.1. The topological polar surface area (TPSA) is 18.5 Å². The lowest BCUT2D eigenvalue weighted by Gasteiger charge is -2.63. The molecule has 0 aromatic carbocycles. The fourth-order valence-electron chi connectivity index (χ4n) is 12.0. The van der Waals surface area contributed by atoms with Crippen LogP contribution in [0.25, 0.3) is 0 Å². The summed E-state index contributed by atoms with van der Waals surface area (Å²) in [6.07, 6.45) is 14.7. The largest absolute Gasteiger partial charge is 0.381 e. The van der Waals surface area contributed by atoms with Crippen LogP contribution in [0.15, 0.2) is 12.2 Å². The smallest absolute Gasteiger partial charge is 0.0783 e. The Kier molecular flexibility index (Phi) is 6.25. The maximum Gasteiger partial charge on any atom is 0.0783 e. The standard InChI is InChI=1S/C33H56O2/c1-21(2)23(4)25(34-9)19-22(3)24-13-15-31(8)27-12-11-26-29(5,6)28(35-10)14-16-32(26)20-33(27,32)18-17-30(24,31)7/h21-22,24-28H,4,11-20H2,1-3,5-10H3. The van der Waals surface area contributed by atoms with E-state index in [9.17, 15) is 0 Å². The van der Waals surface area contributed by atoms with Gasteiger partial charge in [-0.05, 0) is 126 Å². The Balaban J connectivity index is 1.39. The van der Waals surface area contributed by atoms with Crippen molar-refractivity contribution in [2.75, 3.05) is 14.2 Å². The van der Waals surface area contributed by atoms with Crippen molar-refractivity contribution in [3.8, 4) is 0 Å². The third-order valence-corrected chi connectivity index (χ3v) is 14.1. The van der Waals surface area contributed by atoms with Crippen molar-refractivity contribution in [2.24, 2.45) is 56.7 Å². The van der Waals surface area contributed by atoms with Crippen LogP contribution in [-0.4, -0.2) is 26.4 Å². The van der Waals surface area contributed by atoms with Crippen LogP contribution in [0.4, 0.5) is 0 Å². The van der Waals surface area contributed by atoms with Crippen LogP contribution >= 0.6 is 0 Å². The van der Waals surface area contributed by atoms with Crippen LogP contribution in [0.3, 0.4) is 0 Å². The second-order valence-electron chi connectivity index (χ2n) is 15.4. The van der Waals surface area contributed by atoms with Crippen LogP contribution in [0, 0.1) is 56.7 Å². The van der Waals surface area contributed by atoms with E-state index in [-0.39, 0.29) is 6.10 Å². The lowest BCUT2D eigenvalue weighted by Crippen LogP contribution is -2.57. The minimum absolute atomic E-state index is 0.204. The van der Waals surface area contributed by atoms with Gasteiger partial charge < -0.3 is 9.47 Å². The molecule has 5 fully saturated rings. The Bertz CT molecular complexity index is 844. The summed E-state index contributed by atoms with van der Waals surface area (Å²) in [7, 11) is 3.84. The van der Waals surface area contributed by atoms with Gasteiger partial charge in [0.25, 0.3) is 0 Å². The molecule has 0 amide bonds. The lowest BCUT2D eigenvalue weighted by molar-refractivity contribution is -0.166. The van der Waals surface area contributed by atoms with Gasteiger partial charge >= 0.3 is 0 Å². The molecule has 5 aliphatic rings. The van der Waals surface area contributed by atoms with Gasteiger partial charge in [0.05, 0.1) is 12.2 Å². The molecular weight excluding hydrogens is 428 g/mol. The Hall–Kier alpha value is -0.340. The van der Waals surface area contributed by atoms with Gasteiger partial charge in [0.15, 0.2) is 0 Å². The van der Waals surface area contributed by atoms with E-state index >= 15 is 0 Å². The van der Waals surface area contributed by atoms with Gasteiger partial charge in [-0.25, -0.2) is 0 Å². The second-order valence-corrected chi connectivity index (χ2v) is 15.4. The number of hydrogen-bond donors (Lipinski definition) is 0. The van der Waals surface area contributed by atoms with Crippen molar-refractivity contribution in [1.29, 1.82) is 0 Å². The monoisotopic (exact) mass is 484 g/mol. The minimum atomic E-state index is 0.204. The maximum absolute atomic E-state index is 6.05. The summed E-state index contributed by atoms with van der Waals surface area (Å²) in [6, 6.07) is 0. The molecule has 2 spiro atoms. The zero-order valence-corrected chi connectivity index (χ0v) is 24.6. The summed E-state index contributed by atoms with van der Waals surface area (Å²) < 4.78 is 12.0. The van der Waals surface area contributed by atoms with E-state index in [1.807, 2.05) is 14.2 Å². The maximum atomic E-state index is 6.05. The summed E-state index contributed by atoms with van der Waals surface area (Å²) in [6.45, 7) is 22.0. The molecule has 10 unspecified atom stereocenters. The highest BCUT2D eigenvalue weighted by Gasteiger charge is 2.82. The van der Waals surface area contributed by atoms with E-state index in [2.05, 4.69) is 55.0 Å². The van der Waals surface area contributed by atoms with E-state index in [4.69, 9.17) is 9.47 Å².